The summed E-state index contributed by atoms with van der Waals surface area (Å²) in [5.41, 5.74) is 0.660. The van der Waals surface area contributed by atoms with Gasteiger partial charge in [-0.05, 0) is 19.1 Å². The number of aliphatic carboxylic acids is 1. The number of fused-ring (bicyclic) bond motifs is 1. The lowest BCUT2D eigenvalue weighted by Gasteiger charge is -2.41. The van der Waals surface area contributed by atoms with Gasteiger partial charge in [-0.15, -0.1) is 0 Å². The molecule has 1 aromatic carbocycles. The van der Waals surface area contributed by atoms with E-state index in [1.807, 2.05) is 12.1 Å². The minimum absolute atomic E-state index is 0.0693. The number of nitrogens with zero attached hydrogens (tertiary/aromatic N) is 2. The summed E-state index contributed by atoms with van der Waals surface area (Å²) in [6.45, 7) is 1.45. The van der Waals surface area contributed by atoms with Gasteiger partial charge in [-0.25, -0.2) is 4.79 Å². The number of hydrogen-bond acceptors (Lipinski definition) is 4. The second kappa shape index (κ2) is 5.61. The molecule has 0 saturated carbocycles. The zero-order valence-electron chi connectivity index (χ0n) is 11.3. The minimum atomic E-state index is -1.22. The van der Waals surface area contributed by atoms with Crippen LogP contribution in [-0.4, -0.2) is 38.3 Å². The Hall–Kier alpha value is -1.50. The molecule has 22 heavy (non-hydrogen) atoms. The van der Waals surface area contributed by atoms with E-state index < -0.39 is 12.0 Å². The Morgan fingerprint density at radius 3 is 2.55 bits per heavy atom. The molecule has 0 bridgehead atoms. The molecule has 1 amide bonds. The molecule has 8 heteroatoms. The number of rotatable bonds is 3. The van der Waals surface area contributed by atoms with Gasteiger partial charge in [-0.1, -0.05) is 47.1 Å². The predicted octanol–water partition coefficient (Wildman–Crippen LogP) is 2.93. The molecule has 2 unspecified atom stereocenters. The summed E-state index contributed by atoms with van der Waals surface area (Å²) < 4.78 is 0. The van der Waals surface area contributed by atoms with Gasteiger partial charge in [0, 0.05) is 15.6 Å². The van der Waals surface area contributed by atoms with Gasteiger partial charge in [0.1, 0.15) is 16.1 Å². The van der Waals surface area contributed by atoms with E-state index in [0.29, 0.717) is 10.1 Å². The van der Waals surface area contributed by atoms with Crippen LogP contribution < -0.4 is 0 Å². The van der Waals surface area contributed by atoms with Crippen molar-refractivity contribution in [3.05, 3.63) is 45.6 Å². The predicted molar refractivity (Wildman–Crippen MR) is 86.2 cm³/mol. The summed E-state index contributed by atoms with van der Waals surface area (Å²) in [7, 11) is 0. The fraction of sp³-hybridized carbons (Fsp3) is 0.214. The van der Waals surface area contributed by atoms with E-state index in [4.69, 9.17) is 23.2 Å². The first-order chi connectivity index (χ1) is 10.4. The summed E-state index contributed by atoms with van der Waals surface area (Å²) in [6, 6.07) is 6.56. The summed E-state index contributed by atoms with van der Waals surface area (Å²) in [6.07, 6.45) is 0. The van der Waals surface area contributed by atoms with Crippen LogP contribution in [0.1, 0.15) is 12.5 Å². The van der Waals surface area contributed by atoms with Crippen LogP contribution in [0.2, 0.25) is 5.02 Å². The highest BCUT2D eigenvalue weighted by atomic mass is 35.5. The van der Waals surface area contributed by atoms with E-state index in [9.17, 15) is 14.7 Å². The third-order valence-corrected chi connectivity index (χ3v) is 5.07. The van der Waals surface area contributed by atoms with Crippen molar-refractivity contribution >= 4 is 51.9 Å². The van der Waals surface area contributed by atoms with Gasteiger partial charge in [0.2, 0.25) is 0 Å². The van der Waals surface area contributed by atoms with Gasteiger partial charge < -0.3 is 5.11 Å². The lowest BCUT2D eigenvalue weighted by molar-refractivity contribution is -0.147. The molecule has 0 aliphatic carbocycles. The quantitative estimate of drug-likeness (QED) is 0.667. The maximum Gasteiger partial charge on any atom is 0.353 e. The van der Waals surface area contributed by atoms with E-state index in [1.165, 1.54) is 23.6 Å². The number of β-lactam (4-membered cyclic amide) rings is 1. The van der Waals surface area contributed by atoms with Gasteiger partial charge in [-0.2, -0.15) is 0 Å². The van der Waals surface area contributed by atoms with Crippen molar-refractivity contribution in [2.75, 3.05) is 0 Å². The lowest BCUT2D eigenvalue weighted by atomic mass is 10.1. The fourth-order valence-electron chi connectivity index (χ4n) is 2.35. The van der Waals surface area contributed by atoms with Crippen LogP contribution in [0.3, 0.4) is 0 Å². The van der Waals surface area contributed by atoms with E-state index >= 15 is 0 Å². The number of thioether (sulfide) groups is 1. The number of likely N-dealkylation sites (tertiary alicyclic amines) is 1. The second-order valence-corrected chi connectivity index (χ2v) is 6.90. The van der Waals surface area contributed by atoms with E-state index in [0.717, 1.165) is 5.56 Å². The molecule has 0 spiro atoms. The van der Waals surface area contributed by atoms with E-state index in [1.54, 1.807) is 12.1 Å². The van der Waals surface area contributed by atoms with Crippen LogP contribution in [0, 0.1) is 0 Å². The van der Waals surface area contributed by atoms with Crippen LogP contribution in [0.15, 0.2) is 40.0 Å². The molecular weight excluding hydrogens is 347 g/mol. The zero-order valence-corrected chi connectivity index (χ0v) is 13.6. The van der Waals surface area contributed by atoms with Crippen LogP contribution in [0.5, 0.6) is 0 Å². The Bertz CT molecular complexity index is 726. The second-order valence-electron chi connectivity index (χ2n) is 4.79. The Balaban J connectivity index is 1.86. The number of amides is 1. The first-order valence-corrected chi connectivity index (χ1v) is 7.97. The van der Waals surface area contributed by atoms with Crippen molar-refractivity contribution in [1.29, 1.82) is 0 Å². The van der Waals surface area contributed by atoms with Crippen LogP contribution in [0.25, 0.3) is 0 Å². The molecule has 3 rings (SSSR count). The van der Waals surface area contributed by atoms with Crippen molar-refractivity contribution in [3.63, 3.8) is 0 Å². The van der Waals surface area contributed by atoms with Crippen LogP contribution in [-0.2, 0) is 9.59 Å². The van der Waals surface area contributed by atoms with Crippen molar-refractivity contribution in [1.82, 2.24) is 4.90 Å². The average Bonchev–Trinajstić information content (AvgIpc) is 2.84. The SMILES string of the molecule is CC(Cl)=C(C(=O)O)N1C(=O)C2N=C(c3ccc(Cl)cc3)SC21. The van der Waals surface area contributed by atoms with Crippen LogP contribution >= 0.6 is 35.0 Å². The maximum atomic E-state index is 12.2. The zero-order chi connectivity index (χ0) is 16.0. The molecule has 114 valence electrons. The Morgan fingerprint density at radius 1 is 1.36 bits per heavy atom. The number of allylic oxidation sites excluding steroid dienone is 1. The van der Waals surface area contributed by atoms with Crippen molar-refractivity contribution in [2.45, 2.75) is 18.3 Å². The summed E-state index contributed by atoms with van der Waals surface area (Å²) in [5.74, 6) is -1.57. The largest absolute Gasteiger partial charge is 0.477 e. The molecule has 1 aromatic rings. The number of hydrogen-bond donors (Lipinski definition) is 1. The van der Waals surface area contributed by atoms with Crippen molar-refractivity contribution in [3.8, 4) is 0 Å². The molecule has 2 aliphatic heterocycles. The Labute approximate surface area is 140 Å². The van der Waals surface area contributed by atoms with Crippen molar-refractivity contribution in [2.24, 2.45) is 4.99 Å². The van der Waals surface area contributed by atoms with E-state index in [-0.39, 0.29) is 22.0 Å². The molecule has 2 atom stereocenters. The lowest BCUT2D eigenvalue weighted by Crippen LogP contribution is -2.61. The number of benzene rings is 1. The summed E-state index contributed by atoms with van der Waals surface area (Å²) in [5, 5.41) is 10.2. The normalized spacial score (nSPS) is 24.4. The van der Waals surface area contributed by atoms with Crippen LogP contribution in [0.4, 0.5) is 0 Å². The third kappa shape index (κ3) is 2.41. The average molecular weight is 357 g/mol. The summed E-state index contributed by atoms with van der Waals surface area (Å²) >= 11 is 13.0. The standard InChI is InChI=1S/C14H10Cl2N2O3S/c1-6(15)10(14(20)21)18-12(19)9-13(18)22-11(17-9)7-2-4-8(16)5-3-7/h2-5,9,13H,1H3,(H,20,21). The third-order valence-electron chi connectivity index (χ3n) is 3.36. The fourth-order valence-corrected chi connectivity index (χ4v) is 3.94. The first-order valence-electron chi connectivity index (χ1n) is 6.33. The van der Waals surface area contributed by atoms with Gasteiger partial charge in [-0.3, -0.25) is 14.7 Å². The van der Waals surface area contributed by atoms with E-state index in [2.05, 4.69) is 4.99 Å². The molecule has 2 heterocycles. The van der Waals surface area contributed by atoms with Gasteiger partial charge in [0.05, 0.1) is 0 Å². The number of carboxylic acid groups (broad SMARTS) is 1. The van der Waals surface area contributed by atoms with Gasteiger partial charge >= 0.3 is 5.97 Å². The topological polar surface area (TPSA) is 70.0 Å². The number of aliphatic imine (C=N–C) groups is 1. The molecule has 1 N–H and O–H groups in total. The maximum absolute atomic E-state index is 12.2. The molecule has 2 aliphatic rings. The highest BCUT2D eigenvalue weighted by molar-refractivity contribution is 8.15. The van der Waals surface area contributed by atoms with Gasteiger partial charge in [0.15, 0.2) is 6.04 Å². The molecule has 0 aromatic heterocycles. The van der Waals surface area contributed by atoms with Crippen molar-refractivity contribution < 1.29 is 14.7 Å². The molecule has 1 fully saturated rings. The number of carbonyl (C=O) groups excluding carboxylic acids is 1. The Kier molecular flexibility index (Phi) is 3.92. The molecule has 5 nitrogen and oxygen atoms in total. The highest BCUT2D eigenvalue weighted by Gasteiger charge is 2.55. The molecular formula is C14H10Cl2N2O3S. The molecule has 0 radical (unpaired) electrons. The smallest absolute Gasteiger partial charge is 0.353 e. The highest BCUT2D eigenvalue weighted by Crippen LogP contribution is 2.43. The minimum Gasteiger partial charge on any atom is -0.477 e. The number of halogens is 2. The Morgan fingerprint density at radius 2 is 2.00 bits per heavy atom. The molecule has 1 saturated heterocycles. The summed E-state index contributed by atoms with van der Waals surface area (Å²) in [4.78, 5) is 29.0. The number of carboxylic acids is 1. The number of carbonyl (C=O) groups is 2. The van der Waals surface area contributed by atoms with Gasteiger partial charge in [0.25, 0.3) is 5.91 Å². The monoisotopic (exact) mass is 356 g/mol. The first kappa shape index (κ1) is 15.4.